The summed E-state index contributed by atoms with van der Waals surface area (Å²) in [6.45, 7) is 10.7. The van der Waals surface area contributed by atoms with Gasteiger partial charge in [0.15, 0.2) is 0 Å². The molecule has 1 aliphatic carbocycles. The van der Waals surface area contributed by atoms with Gasteiger partial charge in [0.1, 0.15) is 0 Å². The van der Waals surface area contributed by atoms with E-state index >= 15 is 0 Å². The van der Waals surface area contributed by atoms with E-state index in [1.807, 2.05) is 0 Å². The molecule has 94 valence electrons. The second-order valence-electron chi connectivity index (χ2n) is 6.05. The molecule has 0 aromatic rings. The van der Waals surface area contributed by atoms with Crippen molar-refractivity contribution in [1.82, 2.24) is 10.2 Å². The smallest absolute Gasteiger partial charge is 0.0278 e. The molecular formula is C14H28N2. The minimum atomic E-state index is 0.356. The van der Waals surface area contributed by atoms with Gasteiger partial charge >= 0.3 is 0 Å². The van der Waals surface area contributed by atoms with Gasteiger partial charge in [-0.2, -0.15) is 0 Å². The first-order chi connectivity index (χ1) is 7.67. The molecule has 2 aliphatic rings. The first-order valence-electron chi connectivity index (χ1n) is 7.16. The second kappa shape index (κ2) is 5.05. The van der Waals surface area contributed by atoms with E-state index in [-0.39, 0.29) is 0 Å². The summed E-state index contributed by atoms with van der Waals surface area (Å²) in [6, 6.07) is 0.848. The zero-order valence-electron chi connectivity index (χ0n) is 11.3. The molecule has 16 heavy (non-hydrogen) atoms. The van der Waals surface area contributed by atoms with Crippen LogP contribution in [0.1, 0.15) is 52.9 Å². The van der Waals surface area contributed by atoms with Crippen LogP contribution in [0.3, 0.4) is 0 Å². The Balaban J connectivity index is 1.90. The summed E-state index contributed by atoms with van der Waals surface area (Å²) in [4.78, 5) is 2.75. The first-order valence-corrected chi connectivity index (χ1v) is 7.16. The van der Waals surface area contributed by atoms with Crippen LogP contribution in [0.5, 0.6) is 0 Å². The number of piperazine rings is 1. The van der Waals surface area contributed by atoms with Crippen molar-refractivity contribution in [3.8, 4) is 0 Å². The standard InChI is InChI=1S/C14H28N2/c1-4-13(10-12-6-7-12)16-9-8-15-14(3,5-2)11-16/h12-13,15H,4-11H2,1-3H3. The Hall–Kier alpha value is -0.0800. The number of hydrogen-bond acceptors (Lipinski definition) is 2. The van der Waals surface area contributed by atoms with Crippen LogP contribution in [0.15, 0.2) is 0 Å². The van der Waals surface area contributed by atoms with Gasteiger partial charge in [0.05, 0.1) is 0 Å². The topological polar surface area (TPSA) is 15.3 Å². The van der Waals surface area contributed by atoms with Gasteiger partial charge in [-0.05, 0) is 32.1 Å². The van der Waals surface area contributed by atoms with E-state index in [1.165, 1.54) is 51.7 Å². The monoisotopic (exact) mass is 224 g/mol. The lowest BCUT2D eigenvalue weighted by Crippen LogP contribution is -2.60. The van der Waals surface area contributed by atoms with Crippen molar-refractivity contribution in [3.05, 3.63) is 0 Å². The van der Waals surface area contributed by atoms with Crippen molar-refractivity contribution < 1.29 is 0 Å². The maximum Gasteiger partial charge on any atom is 0.0278 e. The average Bonchev–Trinajstić information content (AvgIpc) is 3.10. The minimum Gasteiger partial charge on any atom is -0.309 e. The fourth-order valence-electron chi connectivity index (χ4n) is 2.95. The molecule has 2 unspecified atom stereocenters. The lowest BCUT2D eigenvalue weighted by Gasteiger charge is -2.44. The van der Waals surface area contributed by atoms with Crippen LogP contribution in [0, 0.1) is 5.92 Å². The second-order valence-corrected chi connectivity index (χ2v) is 6.05. The van der Waals surface area contributed by atoms with Crippen molar-refractivity contribution in [2.75, 3.05) is 19.6 Å². The van der Waals surface area contributed by atoms with Gasteiger partial charge in [-0.3, -0.25) is 4.90 Å². The zero-order chi connectivity index (χ0) is 11.6. The van der Waals surface area contributed by atoms with Crippen molar-refractivity contribution >= 4 is 0 Å². The predicted molar refractivity (Wildman–Crippen MR) is 69.7 cm³/mol. The van der Waals surface area contributed by atoms with Gasteiger partial charge in [-0.15, -0.1) is 0 Å². The molecule has 0 amide bonds. The predicted octanol–water partition coefficient (Wildman–Crippen LogP) is 2.64. The van der Waals surface area contributed by atoms with Gasteiger partial charge in [0.2, 0.25) is 0 Å². The molecule has 0 bridgehead atoms. The Morgan fingerprint density at radius 1 is 1.38 bits per heavy atom. The summed E-state index contributed by atoms with van der Waals surface area (Å²) in [6.07, 6.45) is 7.01. The van der Waals surface area contributed by atoms with Crippen LogP contribution >= 0.6 is 0 Å². The molecule has 0 radical (unpaired) electrons. The summed E-state index contributed by atoms with van der Waals surface area (Å²) in [5, 5.41) is 3.68. The highest BCUT2D eigenvalue weighted by atomic mass is 15.2. The average molecular weight is 224 g/mol. The van der Waals surface area contributed by atoms with E-state index in [9.17, 15) is 0 Å². The summed E-state index contributed by atoms with van der Waals surface area (Å²) in [5.41, 5.74) is 0.356. The minimum absolute atomic E-state index is 0.356. The van der Waals surface area contributed by atoms with Crippen molar-refractivity contribution in [2.45, 2.75) is 64.5 Å². The van der Waals surface area contributed by atoms with E-state index in [2.05, 4.69) is 31.0 Å². The maximum atomic E-state index is 3.68. The van der Waals surface area contributed by atoms with Crippen LogP contribution in [0.2, 0.25) is 0 Å². The highest BCUT2D eigenvalue weighted by Gasteiger charge is 2.34. The Morgan fingerprint density at radius 3 is 2.69 bits per heavy atom. The highest BCUT2D eigenvalue weighted by molar-refractivity contribution is 4.93. The van der Waals surface area contributed by atoms with Crippen LogP contribution in [0.4, 0.5) is 0 Å². The first kappa shape index (κ1) is 12.4. The van der Waals surface area contributed by atoms with Crippen LogP contribution in [-0.2, 0) is 0 Å². The third kappa shape index (κ3) is 2.98. The lowest BCUT2D eigenvalue weighted by atomic mass is 9.93. The molecule has 1 N–H and O–H groups in total. The highest BCUT2D eigenvalue weighted by Crippen LogP contribution is 2.36. The maximum absolute atomic E-state index is 3.68. The molecule has 1 aliphatic heterocycles. The number of nitrogens with zero attached hydrogens (tertiary/aromatic N) is 1. The number of nitrogens with one attached hydrogen (secondary N) is 1. The van der Waals surface area contributed by atoms with E-state index in [1.54, 1.807) is 0 Å². The molecule has 2 fully saturated rings. The Labute approximate surface area is 101 Å². The third-order valence-electron chi connectivity index (χ3n) is 4.57. The third-order valence-corrected chi connectivity index (χ3v) is 4.57. The van der Waals surface area contributed by atoms with Crippen LogP contribution < -0.4 is 5.32 Å². The number of rotatable bonds is 5. The fraction of sp³-hybridized carbons (Fsp3) is 1.00. The molecule has 0 aromatic carbocycles. The molecule has 2 rings (SSSR count). The normalized spacial score (nSPS) is 33.9. The largest absolute Gasteiger partial charge is 0.309 e. The van der Waals surface area contributed by atoms with Crippen molar-refractivity contribution in [3.63, 3.8) is 0 Å². The SMILES string of the molecule is CCC(CC1CC1)N1CCNC(C)(CC)C1. The molecule has 1 saturated heterocycles. The van der Waals surface area contributed by atoms with Gasteiger partial charge in [-0.25, -0.2) is 0 Å². The molecule has 2 atom stereocenters. The molecular weight excluding hydrogens is 196 g/mol. The number of hydrogen-bond donors (Lipinski definition) is 1. The summed E-state index contributed by atoms with van der Waals surface area (Å²) in [5.74, 6) is 1.06. The Morgan fingerprint density at radius 2 is 2.12 bits per heavy atom. The molecule has 1 saturated carbocycles. The van der Waals surface area contributed by atoms with Gasteiger partial charge in [0.25, 0.3) is 0 Å². The molecule has 0 aromatic heterocycles. The van der Waals surface area contributed by atoms with Crippen molar-refractivity contribution in [2.24, 2.45) is 5.92 Å². The van der Waals surface area contributed by atoms with E-state index in [0.717, 1.165) is 12.0 Å². The Bertz CT molecular complexity index is 225. The zero-order valence-corrected chi connectivity index (χ0v) is 11.3. The van der Waals surface area contributed by atoms with Crippen LogP contribution in [0.25, 0.3) is 0 Å². The Kier molecular flexibility index (Phi) is 3.91. The quantitative estimate of drug-likeness (QED) is 0.772. The summed E-state index contributed by atoms with van der Waals surface area (Å²) < 4.78 is 0. The molecule has 0 spiro atoms. The molecule has 1 heterocycles. The van der Waals surface area contributed by atoms with Crippen molar-refractivity contribution in [1.29, 1.82) is 0 Å². The van der Waals surface area contributed by atoms with Gasteiger partial charge in [-0.1, -0.05) is 26.7 Å². The lowest BCUT2D eigenvalue weighted by molar-refractivity contribution is 0.0884. The molecule has 2 heteroatoms. The van der Waals surface area contributed by atoms with Gasteiger partial charge in [0, 0.05) is 31.2 Å². The summed E-state index contributed by atoms with van der Waals surface area (Å²) >= 11 is 0. The van der Waals surface area contributed by atoms with Crippen LogP contribution in [-0.4, -0.2) is 36.1 Å². The van der Waals surface area contributed by atoms with Gasteiger partial charge < -0.3 is 5.32 Å². The fourth-order valence-corrected chi connectivity index (χ4v) is 2.95. The molecule has 2 nitrogen and oxygen atoms in total. The van der Waals surface area contributed by atoms with E-state index < -0.39 is 0 Å². The van der Waals surface area contributed by atoms with E-state index in [4.69, 9.17) is 0 Å². The van der Waals surface area contributed by atoms with E-state index in [0.29, 0.717) is 5.54 Å². The summed E-state index contributed by atoms with van der Waals surface area (Å²) in [7, 11) is 0.